The Morgan fingerprint density at radius 1 is 1.14 bits per heavy atom. The van der Waals surface area contributed by atoms with E-state index < -0.39 is 0 Å². The molecule has 4 rings (SSSR count). The number of methoxy groups -OCH3 is 1. The molecule has 1 saturated carbocycles. The highest BCUT2D eigenvalue weighted by Gasteiger charge is 2.48. The van der Waals surface area contributed by atoms with Crippen molar-refractivity contribution in [3.63, 3.8) is 0 Å². The number of anilines is 1. The number of benzene rings is 1. The minimum absolute atomic E-state index is 0.0822. The second-order valence-corrected chi connectivity index (χ2v) is 9.73. The predicted molar refractivity (Wildman–Crippen MR) is 116 cm³/mol. The fraction of sp³-hybridized carbons (Fsp3) is 0.636. The Kier molecular flexibility index (Phi) is 6.23. The molecule has 3 aliphatic rings. The van der Waals surface area contributed by atoms with Crippen LogP contribution in [0.4, 0.5) is 10.5 Å². The zero-order valence-electron chi connectivity index (χ0n) is 17.2. The van der Waals surface area contributed by atoms with Gasteiger partial charge in [-0.05, 0) is 37.8 Å². The summed E-state index contributed by atoms with van der Waals surface area (Å²) in [6.07, 6.45) is 7.42. The molecule has 2 heterocycles. The third-order valence-corrected chi connectivity index (χ3v) is 8.10. The number of likely N-dealkylation sites (tertiary alicyclic amines) is 1. The molecule has 3 fully saturated rings. The quantitative estimate of drug-likeness (QED) is 0.802. The molecule has 6 nitrogen and oxygen atoms in total. The lowest BCUT2D eigenvalue weighted by molar-refractivity contribution is -0.140. The Morgan fingerprint density at radius 2 is 1.90 bits per heavy atom. The van der Waals surface area contributed by atoms with Crippen molar-refractivity contribution in [1.29, 1.82) is 0 Å². The van der Waals surface area contributed by atoms with Crippen LogP contribution >= 0.6 is 11.8 Å². The predicted octanol–water partition coefficient (Wildman–Crippen LogP) is 4.17. The van der Waals surface area contributed by atoms with Gasteiger partial charge in [0.25, 0.3) is 0 Å². The lowest BCUT2D eigenvalue weighted by Gasteiger charge is -2.45. The highest BCUT2D eigenvalue weighted by Crippen LogP contribution is 2.45. The molecular weight excluding hydrogens is 386 g/mol. The molecule has 1 spiro atoms. The molecule has 1 aliphatic carbocycles. The van der Waals surface area contributed by atoms with E-state index in [-0.39, 0.29) is 16.8 Å². The molecule has 0 bridgehead atoms. The number of ether oxygens (including phenoxy) is 1. The Labute approximate surface area is 177 Å². The summed E-state index contributed by atoms with van der Waals surface area (Å²) in [5.74, 6) is 2.31. The zero-order valence-corrected chi connectivity index (χ0v) is 18.0. The molecule has 29 heavy (non-hydrogen) atoms. The third kappa shape index (κ3) is 4.34. The van der Waals surface area contributed by atoms with Crippen LogP contribution in [-0.4, -0.2) is 59.1 Å². The molecule has 3 amide bonds. The van der Waals surface area contributed by atoms with E-state index in [1.54, 1.807) is 7.11 Å². The van der Waals surface area contributed by atoms with Crippen LogP contribution in [0.25, 0.3) is 0 Å². The summed E-state index contributed by atoms with van der Waals surface area (Å²) in [6, 6.07) is 7.32. The van der Waals surface area contributed by atoms with Crippen molar-refractivity contribution >= 4 is 29.4 Å². The number of carbonyl (C=O) groups excluding carboxylic acids is 2. The summed E-state index contributed by atoms with van der Waals surface area (Å²) < 4.78 is 5.22. The first-order chi connectivity index (χ1) is 14.1. The molecule has 0 unspecified atom stereocenters. The van der Waals surface area contributed by atoms with Crippen molar-refractivity contribution in [2.45, 2.75) is 49.8 Å². The first-order valence-electron chi connectivity index (χ1n) is 10.8. The van der Waals surface area contributed by atoms with Crippen LogP contribution < -0.4 is 10.1 Å². The highest BCUT2D eigenvalue weighted by molar-refractivity contribution is 8.00. The number of nitrogens with one attached hydrogen (secondary N) is 1. The lowest BCUT2D eigenvalue weighted by Crippen LogP contribution is -2.55. The van der Waals surface area contributed by atoms with Gasteiger partial charge in [0.15, 0.2) is 0 Å². The van der Waals surface area contributed by atoms with E-state index in [0.29, 0.717) is 19.0 Å². The van der Waals surface area contributed by atoms with Gasteiger partial charge in [-0.15, -0.1) is 11.8 Å². The molecule has 1 aromatic rings. The number of amides is 3. The minimum Gasteiger partial charge on any atom is -0.497 e. The molecule has 2 saturated heterocycles. The summed E-state index contributed by atoms with van der Waals surface area (Å²) in [7, 11) is 1.62. The van der Waals surface area contributed by atoms with Gasteiger partial charge in [0.2, 0.25) is 5.91 Å². The lowest BCUT2D eigenvalue weighted by atomic mass is 9.87. The number of hydrogen-bond donors (Lipinski definition) is 1. The number of urea groups is 1. The molecule has 158 valence electrons. The van der Waals surface area contributed by atoms with E-state index in [0.717, 1.165) is 49.4 Å². The Morgan fingerprint density at radius 3 is 2.62 bits per heavy atom. The molecular formula is C22H31N3O3S. The average molecular weight is 418 g/mol. The van der Waals surface area contributed by atoms with Gasteiger partial charge in [-0.25, -0.2) is 4.79 Å². The first kappa shape index (κ1) is 20.4. The maximum atomic E-state index is 13.2. The summed E-state index contributed by atoms with van der Waals surface area (Å²) in [5, 5.41) is 2.97. The minimum atomic E-state index is -0.110. The monoisotopic (exact) mass is 417 g/mol. The molecule has 0 atom stereocenters. The third-order valence-electron chi connectivity index (χ3n) is 6.55. The van der Waals surface area contributed by atoms with Crippen molar-refractivity contribution in [3.8, 4) is 5.75 Å². The maximum absolute atomic E-state index is 13.2. The van der Waals surface area contributed by atoms with Gasteiger partial charge in [0.05, 0.1) is 12.0 Å². The van der Waals surface area contributed by atoms with Gasteiger partial charge < -0.3 is 19.9 Å². The standard InChI is InChI=1S/C22H31N3O3S/c1-28-19-9-5-8-18(16-19)23-21(27)24-12-10-22(11-13-24)25(14-15-29-22)20(26)17-6-3-2-4-7-17/h5,8-9,16-17H,2-4,6-7,10-15H2,1H3,(H,23,27). The number of rotatable bonds is 3. The first-order valence-corrected chi connectivity index (χ1v) is 11.8. The number of nitrogens with zero attached hydrogens (tertiary/aromatic N) is 2. The van der Waals surface area contributed by atoms with Crippen LogP contribution in [0, 0.1) is 5.92 Å². The fourth-order valence-corrected chi connectivity index (χ4v) is 6.33. The number of thioether (sulfide) groups is 1. The topological polar surface area (TPSA) is 61.9 Å². The molecule has 1 N–H and O–H groups in total. The molecule has 7 heteroatoms. The summed E-state index contributed by atoms with van der Waals surface area (Å²) in [5.41, 5.74) is 0.735. The average Bonchev–Trinajstić information content (AvgIpc) is 3.17. The molecule has 0 radical (unpaired) electrons. The smallest absolute Gasteiger partial charge is 0.321 e. The van der Waals surface area contributed by atoms with Crippen molar-refractivity contribution < 1.29 is 14.3 Å². The Bertz CT molecular complexity index is 743. The fourth-order valence-electron chi connectivity index (χ4n) is 4.87. The molecule has 0 aromatic heterocycles. The summed E-state index contributed by atoms with van der Waals surface area (Å²) >= 11 is 1.92. The van der Waals surface area contributed by atoms with Crippen LogP contribution in [0.2, 0.25) is 0 Å². The largest absolute Gasteiger partial charge is 0.497 e. The van der Waals surface area contributed by atoms with E-state index in [2.05, 4.69) is 10.2 Å². The number of hydrogen-bond acceptors (Lipinski definition) is 4. The van der Waals surface area contributed by atoms with E-state index in [4.69, 9.17) is 4.74 Å². The van der Waals surface area contributed by atoms with Crippen molar-refractivity contribution in [2.24, 2.45) is 5.92 Å². The maximum Gasteiger partial charge on any atom is 0.321 e. The number of carbonyl (C=O) groups is 2. The second-order valence-electron chi connectivity index (χ2n) is 8.27. The van der Waals surface area contributed by atoms with Gasteiger partial charge in [-0.2, -0.15) is 0 Å². The summed E-state index contributed by atoms with van der Waals surface area (Å²) in [4.78, 5) is 29.8. The van der Waals surface area contributed by atoms with Gasteiger partial charge >= 0.3 is 6.03 Å². The second kappa shape index (κ2) is 8.86. The highest BCUT2D eigenvalue weighted by atomic mass is 32.2. The van der Waals surface area contributed by atoms with Crippen LogP contribution in [0.3, 0.4) is 0 Å². The normalized spacial score (nSPS) is 22.0. The zero-order chi connectivity index (χ0) is 20.3. The van der Waals surface area contributed by atoms with E-state index in [1.165, 1.54) is 19.3 Å². The Balaban J connectivity index is 1.36. The van der Waals surface area contributed by atoms with Crippen molar-refractivity contribution in [3.05, 3.63) is 24.3 Å². The molecule has 2 aliphatic heterocycles. The SMILES string of the molecule is COc1cccc(NC(=O)N2CCC3(CC2)SCCN3C(=O)C2CCCCC2)c1. The summed E-state index contributed by atoms with van der Waals surface area (Å²) in [6.45, 7) is 2.21. The van der Waals surface area contributed by atoms with Crippen LogP contribution in [0.15, 0.2) is 24.3 Å². The van der Waals surface area contributed by atoms with Crippen molar-refractivity contribution in [2.75, 3.05) is 37.8 Å². The van der Waals surface area contributed by atoms with Gasteiger partial charge in [-0.1, -0.05) is 25.3 Å². The van der Waals surface area contributed by atoms with E-state index in [1.807, 2.05) is 40.9 Å². The van der Waals surface area contributed by atoms with E-state index >= 15 is 0 Å². The van der Waals surface area contributed by atoms with Crippen LogP contribution in [0.5, 0.6) is 5.75 Å². The van der Waals surface area contributed by atoms with Crippen molar-refractivity contribution in [1.82, 2.24) is 9.80 Å². The van der Waals surface area contributed by atoms with Gasteiger partial charge in [0.1, 0.15) is 5.75 Å². The van der Waals surface area contributed by atoms with Gasteiger partial charge in [-0.3, -0.25) is 4.79 Å². The van der Waals surface area contributed by atoms with Crippen LogP contribution in [-0.2, 0) is 4.79 Å². The number of piperidine rings is 1. The van der Waals surface area contributed by atoms with Crippen LogP contribution in [0.1, 0.15) is 44.9 Å². The van der Waals surface area contributed by atoms with E-state index in [9.17, 15) is 9.59 Å². The van der Waals surface area contributed by atoms with Gasteiger partial charge in [0, 0.05) is 43.1 Å². The Hall–Kier alpha value is -1.89. The molecule has 1 aromatic carbocycles.